The van der Waals surface area contributed by atoms with Gasteiger partial charge in [-0.25, -0.2) is 0 Å². The summed E-state index contributed by atoms with van der Waals surface area (Å²) in [5.41, 5.74) is 0. The highest BCUT2D eigenvalue weighted by Crippen LogP contribution is 2.19. The molecule has 0 N–H and O–H groups in total. The maximum absolute atomic E-state index is 5.82. The van der Waals surface area contributed by atoms with Gasteiger partial charge in [0.2, 0.25) is 0 Å². The van der Waals surface area contributed by atoms with Crippen molar-refractivity contribution in [3.05, 3.63) is 29.3 Å². The van der Waals surface area contributed by atoms with Crippen molar-refractivity contribution in [2.45, 2.75) is 12.8 Å². The topological polar surface area (TPSA) is 12.5 Å². The van der Waals surface area contributed by atoms with E-state index >= 15 is 0 Å². The predicted molar refractivity (Wildman–Crippen MR) is 74.4 cm³/mol. The molecule has 1 aromatic rings. The predicted octanol–water partition coefficient (Wildman–Crippen LogP) is 3.48. The summed E-state index contributed by atoms with van der Waals surface area (Å²) in [6.45, 7) is 3.18. The van der Waals surface area contributed by atoms with Crippen molar-refractivity contribution < 1.29 is 4.74 Å². The van der Waals surface area contributed by atoms with E-state index in [4.69, 9.17) is 16.3 Å². The zero-order valence-corrected chi connectivity index (χ0v) is 11.6. The van der Waals surface area contributed by atoms with Gasteiger partial charge in [-0.05, 0) is 50.7 Å². The van der Waals surface area contributed by atoms with E-state index < -0.39 is 0 Å². The van der Waals surface area contributed by atoms with Crippen molar-refractivity contribution in [3.8, 4) is 5.75 Å². The molecular weight excluding hydrogens is 257 g/mol. The Bertz CT molecular complexity index is 329. The van der Waals surface area contributed by atoms with E-state index in [0.29, 0.717) is 5.92 Å². The normalized spacial score (nSPS) is 20.7. The van der Waals surface area contributed by atoms with Gasteiger partial charge in [0.05, 0.1) is 6.61 Å². The summed E-state index contributed by atoms with van der Waals surface area (Å²) >= 11 is 5.82. The summed E-state index contributed by atoms with van der Waals surface area (Å²) < 4.78 is 5.76. The highest BCUT2D eigenvalue weighted by atomic mass is 35.5. The molecule has 0 aromatic heterocycles. The summed E-state index contributed by atoms with van der Waals surface area (Å²) in [7, 11) is 2.18. The summed E-state index contributed by atoms with van der Waals surface area (Å²) in [6.07, 6.45) is 2.56. The van der Waals surface area contributed by atoms with Crippen LogP contribution in [-0.4, -0.2) is 31.6 Å². The van der Waals surface area contributed by atoms with Crippen LogP contribution in [0, 0.1) is 5.92 Å². The van der Waals surface area contributed by atoms with E-state index in [0.717, 1.165) is 23.9 Å². The molecule has 17 heavy (non-hydrogen) atoms. The van der Waals surface area contributed by atoms with E-state index in [1.54, 1.807) is 0 Å². The van der Waals surface area contributed by atoms with Gasteiger partial charge in [0, 0.05) is 17.5 Å². The third kappa shape index (κ3) is 4.74. The Labute approximate surface area is 114 Å². The second-order valence-corrected chi connectivity index (χ2v) is 4.97. The van der Waals surface area contributed by atoms with E-state index in [9.17, 15) is 0 Å². The van der Waals surface area contributed by atoms with Gasteiger partial charge in [-0.3, -0.25) is 0 Å². The highest BCUT2D eigenvalue weighted by molar-refractivity contribution is 6.30. The number of hydrogen-bond acceptors (Lipinski definition) is 2. The molecule has 1 aromatic carbocycles. The van der Waals surface area contributed by atoms with Crippen LogP contribution in [0.25, 0.3) is 0 Å². The molecule has 1 aliphatic heterocycles. The fourth-order valence-electron chi connectivity index (χ4n) is 2.15. The lowest BCUT2D eigenvalue weighted by Gasteiger charge is -2.29. The highest BCUT2D eigenvalue weighted by Gasteiger charge is 2.17. The Balaban J connectivity index is 0.00000144. The molecule has 0 bridgehead atoms. The first-order valence-electron chi connectivity index (χ1n) is 5.81. The van der Waals surface area contributed by atoms with Crippen molar-refractivity contribution in [1.29, 1.82) is 0 Å². The SMILES string of the molecule is CN1CCCC(COc2ccc(Cl)cc2)C1.Cl. The molecule has 0 saturated carbocycles. The smallest absolute Gasteiger partial charge is 0.119 e. The van der Waals surface area contributed by atoms with Crippen molar-refractivity contribution >= 4 is 24.0 Å². The minimum absolute atomic E-state index is 0. The molecule has 0 amide bonds. The molecule has 1 unspecified atom stereocenters. The van der Waals surface area contributed by atoms with Gasteiger partial charge >= 0.3 is 0 Å². The van der Waals surface area contributed by atoms with Crippen LogP contribution in [-0.2, 0) is 0 Å². The lowest BCUT2D eigenvalue weighted by atomic mass is 10.00. The largest absolute Gasteiger partial charge is 0.493 e. The first-order chi connectivity index (χ1) is 7.74. The van der Waals surface area contributed by atoms with Crippen LogP contribution < -0.4 is 4.74 Å². The summed E-state index contributed by atoms with van der Waals surface area (Å²) in [5.74, 6) is 1.58. The molecule has 1 atom stereocenters. The maximum Gasteiger partial charge on any atom is 0.119 e. The van der Waals surface area contributed by atoms with Crippen LogP contribution in [0.2, 0.25) is 5.02 Å². The van der Waals surface area contributed by atoms with Gasteiger partial charge in [0.25, 0.3) is 0 Å². The molecule has 1 heterocycles. The van der Waals surface area contributed by atoms with Gasteiger partial charge in [0.15, 0.2) is 0 Å². The number of likely N-dealkylation sites (tertiary alicyclic amines) is 1. The number of benzene rings is 1. The number of halogens is 2. The molecule has 0 radical (unpaired) electrons. The fourth-order valence-corrected chi connectivity index (χ4v) is 2.28. The van der Waals surface area contributed by atoms with Crippen LogP contribution >= 0.6 is 24.0 Å². The Hall–Kier alpha value is -0.440. The van der Waals surface area contributed by atoms with Crippen LogP contribution in [0.3, 0.4) is 0 Å². The summed E-state index contributed by atoms with van der Waals surface area (Å²) in [5, 5.41) is 0.754. The second kappa shape index (κ2) is 7.10. The first-order valence-corrected chi connectivity index (χ1v) is 6.19. The van der Waals surface area contributed by atoms with Gasteiger partial charge in [-0.1, -0.05) is 11.6 Å². The quantitative estimate of drug-likeness (QED) is 0.838. The molecule has 1 saturated heterocycles. The van der Waals surface area contributed by atoms with Crippen LogP contribution in [0.15, 0.2) is 24.3 Å². The molecule has 0 spiro atoms. The van der Waals surface area contributed by atoms with Crippen molar-refractivity contribution in [2.24, 2.45) is 5.92 Å². The number of rotatable bonds is 3. The van der Waals surface area contributed by atoms with Crippen molar-refractivity contribution in [2.75, 3.05) is 26.7 Å². The van der Waals surface area contributed by atoms with Crippen LogP contribution in [0.4, 0.5) is 0 Å². The van der Waals surface area contributed by atoms with E-state index in [-0.39, 0.29) is 12.4 Å². The minimum atomic E-state index is 0. The number of nitrogens with zero attached hydrogens (tertiary/aromatic N) is 1. The molecule has 1 aliphatic rings. The molecule has 1 fully saturated rings. The number of hydrogen-bond donors (Lipinski definition) is 0. The standard InChI is InChI=1S/C13H18ClNO.ClH/c1-15-8-2-3-11(9-15)10-16-13-6-4-12(14)5-7-13;/h4-7,11H,2-3,8-10H2,1H3;1H. The Kier molecular flexibility index (Phi) is 6.10. The molecular formula is C13H19Cl2NO. The Morgan fingerprint density at radius 2 is 2.06 bits per heavy atom. The zero-order chi connectivity index (χ0) is 11.4. The van der Waals surface area contributed by atoms with E-state index in [1.807, 2.05) is 24.3 Å². The van der Waals surface area contributed by atoms with E-state index in [1.165, 1.54) is 19.4 Å². The molecule has 2 rings (SSSR count). The second-order valence-electron chi connectivity index (χ2n) is 4.54. The van der Waals surface area contributed by atoms with Gasteiger partial charge < -0.3 is 9.64 Å². The lowest BCUT2D eigenvalue weighted by molar-refractivity contribution is 0.150. The first kappa shape index (κ1) is 14.6. The number of ether oxygens (including phenoxy) is 1. The average Bonchev–Trinajstić information content (AvgIpc) is 2.28. The van der Waals surface area contributed by atoms with Gasteiger partial charge in [0.1, 0.15) is 5.75 Å². The third-order valence-electron chi connectivity index (χ3n) is 3.02. The van der Waals surface area contributed by atoms with Crippen LogP contribution in [0.1, 0.15) is 12.8 Å². The van der Waals surface area contributed by atoms with E-state index in [2.05, 4.69) is 11.9 Å². The summed E-state index contributed by atoms with van der Waals surface area (Å²) in [4.78, 5) is 2.37. The molecule has 96 valence electrons. The van der Waals surface area contributed by atoms with Gasteiger partial charge in [-0.15, -0.1) is 12.4 Å². The molecule has 2 nitrogen and oxygen atoms in total. The van der Waals surface area contributed by atoms with Crippen molar-refractivity contribution in [1.82, 2.24) is 4.90 Å². The van der Waals surface area contributed by atoms with Crippen LogP contribution in [0.5, 0.6) is 5.75 Å². The third-order valence-corrected chi connectivity index (χ3v) is 3.27. The Morgan fingerprint density at radius 1 is 1.35 bits per heavy atom. The minimum Gasteiger partial charge on any atom is -0.493 e. The molecule has 4 heteroatoms. The Morgan fingerprint density at radius 3 is 2.71 bits per heavy atom. The van der Waals surface area contributed by atoms with Gasteiger partial charge in [-0.2, -0.15) is 0 Å². The lowest BCUT2D eigenvalue weighted by Crippen LogP contribution is -2.34. The fraction of sp³-hybridized carbons (Fsp3) is 0.538. The summed E-state index contributed by atoms with van der Waals surface area (Å²) in [6, 6.07) is 7.58. The molecule has 0 aliphatic carbocycles. The van der Waals surface area contributed by atoms with Crippen molar-refractivity contribution in [3.63, 3.8) is 0 Å². The monoisotopic (exact) mass is 275 g/mol. The maximum atomic E-state index is 5.82. The zero-order valence-electron chi connectivity index (χ0n) is 10.1. The number of piperidine rings is 1. The average molecular weight is 276 g/mol.